The maximum absolute atomic E-state index is 12.2. The van der Waals surface area contributed by atoms with Gasteiger partial charge in [-0.05, 0) is 32.9 Å². The van der Waals surface area contributed by atoms with Crippen LogP contribution in [0.5, 0.6) is 5.75 Å². The topological polar surface area (TPSA) is 69.7 Å². The second kappa shape index (κ2) is 11.7. The molecule has 0 aromatic carbocycles. The number of urea groups is 1. The fourth-order valence-corrected chi connectivity index (χ4v) is 2.76. The average Bonchev–Trinajstić information content (AvgIpc) is 2.73. The molecule has 28 heavy (non-hydrogen) atoms. The number of amides is 2. The summed E-state index contributed by atoms with van der Waals surface area (Å²) in [6.45, 7) is 11.3. The quantitative estimate of drug-likeness (QED) is 0.603. The Bertz CT molecular complexity index is 715. The summed E-state index contributed by atoms with van der Waals surface area (Å²) in [5.74, 6) is 0.652. The number of rotatable bonds is 10. The zero-order chi connectivity index (χ0) is 21.1. The number of hydrogen-bond donors (Lipinski definition) is 2. The Morgan fingerprint density at radius 2 is 2.04 bits per heavy atom. The minimum absolute atomic E-state index is 0.136. The van der Waals surface area contributed by atoms with Crippen LogP contribution in [0.3, 0.4) is 0 Å². The zero-order valence-corrected chi connectivity index (χ0v) is 17.8. The molecule has 1 aromatic heterocycles. The van der Waals surface area contributed by atoms with Crippen LogP contribution in [0.25, 0.3) is 5.57 Å². The predicted molar refractivity (Wildman–Crippen MR) is 115 cm³/mol. The Hall–Kier alpha value is -2.96. The van der Waals surface area contributed by atoms with Gasteiger partial charge in [-0.2, -0.15) is 0 Å². The number of allylic oxidation sites excluding steroid dienone is 2. The molecule has 0 spiro atoms. The van der Waals surface area contributed by atoms with Crippen LogP contribution in [0.1, 0.15) is 38.2 Å². The molecule has 1 aromatic rings. The maximum Gasteiger partial charge on any atom is 0.317 e. The monoisotopic (exact) mass is 387 g/mol. The van der Waals surface area contributed by atoms with E-state index in [1.807, 2.05) is 56.5 Å². The van der Waals surface area contributed by atoms with E-state index in [0.717, 1.165) is 17.8 Å². The first-order chi connectivity index (χ1) is 13.5. The predicted octanol–water partition coefficient (Wildman–Crippen LogP) is 3.35. The summed E-state index contributed by atoms with van der Waals surface area (Å²) in [5, 5.41) is 5.66. The SMILES string of the molecule is C=C/C(=C\N(/C=C\NC)CC)c1nc([C@@H](C)N(CC)C(=O)NC)ccc1OC. The molecule has 7 heteroatoms. The Balaban J connectivity index is 3.40. The van der Waals surface area contributed by atoms with Gasteiger partial charge in [0.15, 0.2) is 0 Å². The van der Waals surface area contributed by atoms with Crippen LogP contribution in [0, 0.1) is 0 Å². The van der Waals surface area contributed by atoms with Gasteiger partial charge in [0.05, 0.1) is 18.8 Å². The molecule has 2 amide bonds. The van der Waals surface area contributed by atoms with Crippen LogP contribution in [-0.4, -0.2) is 55.1 Å². The lowest BCUT2D eigenvalue weighted by molar-refractivity contribution is 0.184. The number of methoxy groups -OCH3 is 1. The van der Waals surface area contributed by atoms with Gasteiger partial charge in [-0.1, -0.05) is 12.7 Å². The van der Waals surface area contributed by atoms with Gasteiger partial charge >= 0.3 is 6.03 Å². The van der Waals surface area contributed by atoms with E-state index in [4.69, 9.17) is 9.72 Å². The largest absolute Gasteiger partial charge is 0.494 e. The molecule has 1 atom stereocenters. The van der Waals surface area contributed by atoms with Crippen molar-refractivity contribution in [2.75, 3.05) is 34.3 Å². The van der Waals surface area contributed by atoms with E-state index in [1.54, 1.807) is 25.1 Å². The zero-order valence-electron chi connectivity index (χ0n) is 17.8. The Labute approximate surface area is 168 Å². The standard InChI is InChI=1S/C21H33N5O2/c1-8-17(15-25(9-2)14-13-22-5)20-19(28-7)12-11-18(24-20)16(4)26(10-3)21(27)23-6/h8,11-16,22H,1,9-10H2,2-7H3,(H,23,27)/b14-13-,17-15+/t16-/m1/s1. The van der Waals surface area contributed by atoms with Crippen LogP contribution in [0.2, 0.25) is 0 Å². The second-order valence-corrected chi connectivity index (χ2v) is 6.03. The molecule has 0 fully saturated rings. The van der Waals surface area contributed by atoms with Crippen molar-refractivity contribution in [3.05, 3.63) is 54.8 Å². The van der Waals surface area contributed by atoms with Crippen molar-refractivity contribution in [3.63, 3.8) is 0 Å². The molecule has 0 aliphatic heterocycles. The van der Waals surface area contributed by atoms with Gasteiger partial charge in [-0.3, -0.25) is 0 Å². The highest BCUT2D eigenvalue weighted by Gasteiger charge is 2.21. The fourth-order valence-electron chi connectivity index (χ4n) is 2.76. The number of carbonyl (C=O) groups excluding carboxylic acids is 1. The van der Waals surface area contributed by atoms with Crippen LogP contribution < -0.4 is 15.4 Å². The van der Waals surface area contributed by atoms with Gasteiger partial charge in [0.25, 0.3) is 0 Å². The average molecular weight is 388 g/mol. The molecule has 2 N–H and O–H groups in total. The van der Waals surface area contributed by atoms with Gasteiger partial charge in [0.1, 0.15) is 11.4 Å². The molecule has 0 aliphatic rings. The molecule has 0 unspecified atom stereocenters. The van der Waals surface area contributed by atoms with Crippen molar-refractivity contribution in [1.82, 2.24) is 25.4 Å². The summed E-state index contributed by atoms with van der Waals surface area (Å²) >= 11 is 0. The summed E-state index contributed by atoms with van der Waals surface area (Å²) in [6.07, 6.45) is 7.52. The first kappa shape index (κ1) is 23.1. The number of nitrogens with one attached hydrogen (secondary N) is 2. The van der Waals surface area contributed by atoms with Crippen LogP contribution in [0.15, 0.2) is 43.4 Å². The van der Waals surface area contributed by atoms with E-state index in [-0.39, 0.29) is 12.1 Å². The summed E-state index contributed by atoms with van der Waals surface area (Å²) in [6, 6.07) is 3.44. The molecule has 0 saturated carbocycles. The molecule has 1 rings (SSSR count). The van der Waals surface area contributed by atoms with Gasteiger partial charge < -0.3 is 25.2 Å². The van der Waals surface area contributed by atoms with Crippen molar-refractivity contribution in [3.8, 4) is 5.75 Å². The number of aromatic nitrogens is 1. The third-order valence-corrected chi connectivity index (χ3v) is 4.41. The number of ether oxygens (including phenoxy) is 1. The second-order valence-electron chi connectivity index (χ2n) is 6.03. The normalized spacial score (nSPS) is 12.4. The van der Waals surface area contributed by atoms with E-state index < -0.39 is 0 Å². The highest BCUT2D eigenvalue weighted by molar-refractivity contribution is 5.76. The molecule has 0 aliphatic carbocycles. The lowest BCUT2D eigenvalue weighted by Crippen LogP contribution is -2.39. The maximum atomic E-state index is 12.2. The smallest absolute Gasteiger partial charge is 0.317 e. The van der Waals surface area contributed by atoms with E-state index in [0.29, 0.717) is 18.0 Å². The van der Waals surface area contributed by atoms with Crippen molar-refractivity contribution >= 4 is 11.6 Å². The molecule has 7 nitrogen and oxygen atoms in total. The van der Waals surface area contributed by atoms with E-state index in [2.05, 4.69) is 24.1 Å². The third kappa shape index (κ3) is 5.77. The lowest BCUT2D eigenvalue weighted by atomic mass is 10.1. The number of nitrogens with zero attached hydrogens (tertiary/aromatic N) is 3. The first-order valence-electron chi connectivity index (χ1n) is 9.44. The minimum atomic E-state index is -0.188. The van der Waals surface area contributed by atoms with Gasteiger partial charge in [0.2, 0.25) is 0 Å². The summed E-state index contributed by atoms with van der Waals surface area (Å²) in [5.41, 5.74) is 2.30. The minimum Gasteiger partial charge on any atom is -0.494 e. The summed E-state index contributed by atoms with van der Waals surface area (Å²) in [7, 11) is 5.09. The fraction of sp³-hybridized carbons (Fsp3) is 0.429. The summed E-state index contributed by atoms with van der Waals surface area (Å²) < 4.78 is 5.52. The van der Waals surface area contributed by atoms with Gasteiger partial charge in [-0.15, -0.1) is 0 Å². The number of carbonyl (C=O) groups is 1. The van der Waals surface area contributed by atoms with E-state index in [9.17, 15) is 4.79 Å². The molecule has 154 valence electrons. The number of pyridine rings is 1. The third-order valence-electron chi connectivity index (χ3n) is 4.41. The van der Waals surface area contributed by atoms with Gasteiger partial charge in [0, 0.05) is 51.4 Å². The van der Waals surface area contributed by atoms with Crippen molar-refractivity contribution < 1.29 is 9.53 Å². The highest BCUT2D eigenvalue weighted by Crippen LogP contribution is 2.29. The molecular weight excluding hydrogens is 354 g/mol. The Kier molecular flexibility index (Phi) is 9.64. The highest BCUT2D eigenvalue weighted by atomic mass is 16.5. The van der Waals surface area contributed by atoms with Crippen molar-refractivity contribution in [2.45, 2.75) is 26.8 Å². The molecule has 0 bridgehead atoms. The van der Waals surface area contributed by atoms with Gasteiger partial charge in [-0.25, -0.2) is 9.78 Å². The Morgan fingerprint density at radius 3 is 2.54 bits per heavy atom. The lowest BCUT2D eigenvalue weighted by Gasteiger charge is -2.27. The van der Waals surface area contributed by atoms with Crippen LogP contribution >= 0.6 is 0 Å². The molecular formula is C21H33N5O2. The van der Waals surface area contributed by atoms with Crippen LogP contribution in [-0.2, 0) is 0 Å². The Morgan fingerprint density at radius 1 is 1.32 bits per heavy atom. The van der Waals surface area contributed by atoms with E-state index in [1.165, 1.54) is 0 Å². The molecule has 0 radical (unpaired) electrons. The first-order valence-corrected chi connectivity index (χ1v) is 9.44. The molecule has 0 saturated heterocycles. The van der Waals surface area contributed by atoms with Crippen molar-refractivity contribution in [1.29, 1.82) is 0 Å². The van der Waals surface area contributed by atoms with E-state index >= 15 is 0 Å². The van der Waals surface area contributed by atoms with Crippen molar-refractivity contribution in [2.24, 2.45) is 0 Å². The summed E-state index contributed by atoms with van der Waals surface area (Å²) in [4.78, 5) is 20.7. The number of hydrogen-bond acceptors (Lipinski definition) is 5. The molecule has 1 heterocycles. The van der Waals surface area contributed by atoms with Crippen LogP contribution in [0.4, 0.5) is 4.79 Å².